The fourth-order valence-corrected chi connectivity index (χ4v) is 2.31. The van der Waals surface area contributed by atoms with Gasteiger partial charge in [-0.2, -0.15) is 0 Å². The lowest BCUT2D eigenvalue weighted by atomic mass is 9.84. The van der Waals surface area contributed by atoms with E-state index >= 15 is 0 Å². The first-order valence-corrected chi connectivity index (χ1v) is 6.45. The third-order valence-electron chi connectivity index (χ3n) is 3.74. The summed E-state index contributed by atoms with van der Waals surface area (Å²) in [5, 5.41) is 3.13. The normalized spacial score (nSPS) is 17.4. The van der Waals surface area contributed by atoms with E-state index in [4.69, 9.17) is 0 Å². The quantitative estimate of drug-likeness (QED) is 0.849. The molecular weight excluding hydrogens is 210 g/mol. The van der Waals surface area contributed by atoms with Crippen LogP contribution in [0.1, 0.15) is 48.9 Å². The summed E-state index contributed by atoms with van der Waals surface area (Å²) >= 11 is 0. The molecule has 92 valence electrons. The van der Waals surface area contributed by atoms with Crippen molar-refractivity contribution < 1.29 is 4.79 Å². The number of hydrogen-bond donors (Lipinski definition) is 1. The molecule has 2 rings (SSSR count). The number of carbonyl (C=O) groups is 1. The summed E-state index contributed by atoms with van der Waals surface area (Å²) < 4.78 is 0. The van der Waals surface area contributed by atoms with Gasteiger partial charge in [0.25, 0.3) is 0 Å². The number of rotatable bonds is 3. The Bertz CT molecular complexity index is 421. The molecule has 1 atom stereocenters. The van der Waals surface area contributed by atoms with Crippen molar-refractivity contribution in [1.29, 1.82) is 0 Å². The Hall–Kier alpha value is -1.31. The van der Waals surface area contributed by atoms with Crippen molar-refractivity contribution in [3.8, 4) is 0 Å². The number of amides is 1. The lowest BCUT2D eigenvalue weighted by Gasteiger charge is -2.26. The molecule has 1 aromatic carbocycles. The van der Waals surface area contributed by atoms with Crippen LogP contribution in [0.25, 0.3) is 0 Å². The molecule has 2 nitrogen and oxygen atoms in total. The van der Waals surface area contributed by atoms with Crippen LogP contribution >= 0.6 is 0 Å². The topological polar surface area (TPSA) is 29.1 Å². The average molecular weight is 231 g/mol. The van der Waals surface area contributed by atoms with Gasteiger partial charge < -0.3 is 5.32 Å². The smallest absolute Gasteiger partial charge is 0.223 e. The summed E-state index contributed by atoms with van der Waals surface area (Å²) in [6.45, 7) is 6.25. The molecule has 0 bridgehead atoms. The van der Waals surface area contributed by atoms with Gasteiger partial charge in [0, 0.05) is 5.92 Å². The van der Waals surface area contributed by atoms with Crippen LogP contribution in [0.15, 0.2) is 18.2 Å². The molecule has 1 aromatic rings. The number of hydrogen-bond acceptors (Lipinski definition) is 1. The Labute approximate surface area is 103 Å². The van der Waals surface area contributed by atoms with Gasteiger partial charge in [-0.15, -0.1) is 0 Å². The highest BCUT2D eigenvalue weighted by Crippen LogP contribution is 2.27. The van der Waals surface area contributed by atoms with E-state index in [1.54, 1.807) is 0 Å². The van der Waals surface area contributed by atoms with Gasteiger partial charge in [-0.1, -0.05) is 30.2 Å². The Morgan fingerprint density at radius 1 is 1.35 bits per heavy atom. The van der Waals surface area contributed by atoms with Crippen molar-refractivity contribution in [2.75, 3.05) is 0 Å². The zero-order valence-electron chi connectivity index (χ0n) is 10.9. The molecule has 1 N–H and O–H groups in total. The van der Waals surface area contributed by atoms with Crippen LogP contribution in [-0.2, 0) is 4.79 Å². The molecule has 2 heteroatoms. The van der Waals surface area contributed by atoms with Gasteiger partial charge in [-0.05, 0) is 44.7 Å². The molecule has 0 saturated heterocycles. The van der Waals surface area contributed by atoms with Crippen molar-refractivity contribution in [1.82, 2.24) is 5.32 Å². The second-order valence-corrected chi connectivity index (χ2v) is 5.22. The lowest BCUT2D eigenvalue weighted by molar-refractivity contribution is -0.128. The van der Waals surface area contributed by atoms with E-state index in [9.17, 15) is 4.79 Å². The Kier molecular flexibility index (Phi) is 3.51. The highest BCUT2D eigenvalue weighted by atomic mass is 16.1. The molecule has 0 aliphatic heterocycles. The largest absolute Gasteiger partial charge is 0.349 e. The predicted molar refractivity (Wildman–Crippen MR) is 69.8 cm³/mol. The zero-order valence-corrected chi connectivity index (χ0v) is 10.9. The zero-order chi connectivity index (χ0) is 12.4. The first-order chi connectivity index (χ1) is 8.08. The highest BCUT2D eigenvalue weighted by molar-refractivity contribution is 5.79. The van der Waals surface area contributed by atoms with Crippen LogP contribution < -0.4 is 5.32 Å². The maximum Gasteiger partial charge on any atom is 0.223 e. The first kappa shape index (κ1) is 12.2. The standard InChI is InChI=1S/C15H21NO/c1-10-7-8-11(2)14(9-10)12(3)16-15(17)13-5-4-6-13/h7-9,12-13H,4-6H2,1-3H3,(H,16,17)/t12-/m0/s1. The van der Waals surface area contributed by atoms with Gasteiger partial charge in [-0.25, -0.2) is 0 Å². The van der Waals surface area contributed by atoms with Crippen LogP contribution in [0.2, 0.25) is 0 Å². The van der Waals surface area contributed by atoms with Crippen molar-refractivity contribution in [3.05, 3.63) is 34.9 Å². The number of benzene rings is 1. The summed E-state index contributed by atoms with van der Waals surface area (Å²) in [4.78, 5) is 11.9. The van der Waals surface area contributed by atoms with Gasteiger partial charge in [0.2, 0.25) is 5.91 Å². The minimum Gasteiger partial charge on any atom is -0.349 e. The predicted octanol–water partition coefficient (Wildman–Crippen LogP) is 3.28. The summed E-state index contributed by atoms with van der Waals surface area (Å²) in [5.74, 6) is 0.493. The van der Waals surface area contributed by atoms with E-state index in [0.29, 0.717) is 0 Å². The molecule has 1 saturated carbocycles. The van der Waals surface area contributed by atoms with E-state index in [1.165, 1.54) is 23.1 Å². The Morgan fingerprint density at radius 3 is 2.65 bits per heavy atom. The molecule has 0 unspecified atom stereocenters. The number of carbonyl (C=O) groups excluding carboxylic acids is 1. The maximum atomic E-state index is 11.9. The van der Waals surface area contributed by atoms with Crippen molar-refractivity contribution in [2.24, 2.45) is 5.92 Å². The first-order valence-electron chi connectivity index (χ1n) is 6.45. The summed E-state index contributed by atoms with van der Waals surface area (Å²) in [6.07, 6.45) is 3.33. The molecule has 0 radical (unpaired) electrons. The van der Waals surface area contributed by atoms with Gasteiger partial charge in [0.1, 0.15) is 0 Å². The molecule has 1 aliphatic carbocycles. The van der Waals surface area contributed by atoms with Gasteiger partial charge in [-0.3, -0.25) is 4.79 Å². The van der Waals surface area contributed by atoms with Crippen LogP contribution in [0.4, 0.5) is 0 Å². The maximum absolute atomic E-state index is 11.9. The van der Waals surface area contributed by atoms with Crippen LogP contribution in [0.5, 0.6) is 0 Å². The van der Waals surface area contributed by atoms with E-state index < -0.39 is 0 Å². The minimum atomic E-state index is 0.114. The SMILES string of the molecule is Cc1ccc(C)c([C@H](C)NC(=O)C2CCC2)c1. The third kappa shape index (κ3) is 2.68. The van der Waals surface area contributed by atoms with Gasteiger partial charge >= 0.3 is 0 Å². The Morgan fingerprint density at radius 2 is 2.06 bits per heavy atom. The molecule has 0 aromatic heterocycles. The Balaban J connectivity index is 2.05. The van der Waals surface area contributed by atoms with E-state index in [2.05, 4.69) is 44.3 Å². The molecule has 0 heterocycles. The lowest BCUT2D eigenvalue weighted by Crippen LogP contribution is -2.36. The van der Waals surface area contributed by atoms with Gasteiger partial charge in [0.15, 0.2) is 0 Å². The van der Waals surface area contributed by atoms with Crippen molar-refractivity contribution in [2.45, 2.75) is 46.1 Å². The third-order valence-corrected chi connectivity index (χ3v) is 3.74. The van der Waals surface area contributed by atoms with Crippen molar-refractivity contribution >= 4 is 5.91 Å². The fraction of sp³-hybridized carbons (Fsp3) is 0.533. The summed E-state index contributed by atoms with van der Waals surface area (Å²) in [7, 11) is 0. The highest BCUT2D eigenvalue weighted by Gasteiger charge is 2.26. The second kappa shape index (κ2) is 4.91. The average Bonchev–Trinajstić information content (AvgIpc) is 2.18. The molecule has 17 heavy (non-hydrogen) atoms. The summed E-state index contributed by atoms with van der Waals surface area (Å²) in [6, 6.07) is 6.51. The van der Waals surface area contributed by atoms with Crippen LogP contribution in [-0.4, -0.2) is 5.91 Å². The molecule has 1 amide bonds. The monoisotopic (exact) mass is 231 g/mol. The van der Waals surface area contributed by atoms with E-state index in [1.807, 2.05) is 0 Å². The summed E-state index contributed by atoms with van der Waals surface area (Å²) in [5.41, 5.74) is 3.73. The van der Waals surface area contributed by atoms with E-state index in [0.717, 1.165) is 12.8 Å². The van der Waals surface area contributed by atoms with E-state index in [-0.39, 0.29) is 17.9 Å². The second-order valence-electron chi connectivity index (χ2n) is 5.22. The molecule has 0 spiro atoms. The van der Waals surface area contributed by atoms with Gasteiger partial charge in [0.05, 0.1) is 6.04 Å². The molecule has 1 fully saturated rings. The van der Waals surface area contributed by atoms with Crippen LogP contribution in [0, 0.1) is 19.8 Å². The molecular formula is C15H21NO. The number of aryl methyl sites for hydroxylation is 2. The number of nitrogens with one attached hydrogen (secondary N) is 1. The fourth-order valence-electron chi connectivity index (χ4n) is 2.31. The van der Waals surface area contributed by atoms with Crippen molar-refractivity contribution in [3.63, 3.8) is 0 Å². The minimum absolute atomic E-state index is 0.114. The molecule has 1 aliphatic rings. The van der Waals surface area contributed by atoms with Crippen LogP contribution in [0.3, 0.4) is 0 Å².